The molecule has 4 rings (SSSR count). The first-order valence-electron chi connectivity index (χ1n) is 13.4. The average Bonchev–Trinajstić information content (AvgIpc) is 3.02. The van der Waals surface area contributed by atoms with Crippen LogP contribution < -0.4 is 0 Å². The van der Waals surface area contributed by atoms with Crippen molar-refractivity contribution < 1.29 is 89.8 Å². The second-order valence-electron chi connectivity index (χ2n) is 10.7. The van der Waals surface area contributed by atoms with Crippen molar-refractivity contribution in [3.8, 4) is 0 Å². The van der Waals surface area contributed by atoms with Crippen LogP contribution in [0.3, 0.4) is 0 Å². The van der Waals surface area contributed by atoms with Gasteiger partial charge in [0, 0.05) is 44.5 Å². The molecule has 4 amide bonds. The van der Waals surface area contributed by atoms with E-state index in [0.717, 1.165) is 12.1 Å². The predicted molar refractivity (Wildman–Crippen MR) is 135 cm³/mol. The lowest BCUT2D eigenvalue weighted by Crippen LogP contribution is -2.73. The molecule has 2 aliphatic heterocycles. The van der Waals surface area contributed by atoms with Crippen LogP contribution in [-0.2, 0) is 4.74 Å². The minimum Gasteiger partial charge on any atom is -0.379 e. The van der Waals surface area contributed by atoms with Crippen LogP contribution in [-0.4, -0.2) is 108 Å². The quantitative estimate of drug-likeness (QED) is 0.0558. The van der Waals surface area contributed by atoms with Crippen LogP contribution >= 0.6 is 0 Å². The fraction of sp³-hybridized carbons (Fsp3) is 0.462. The summed E-state index contributed by atoms with van der Waals surface area (Å²) >= 11 is 0. The summed E-state index contributed by atoms with van der Waals surface area (Å²) in [4.78, 5) is 54.6. The van der Waals surface area contributed by atoms with E-state index in [1.54, 1.807) is 0 Å². The minimum absolute atomic E-state index is 0.111. The standard InChI is InChI=1S/C26H14F15N5O5/c27-20(28,21(29,30)22(31,32)23(33,34)24(35,36)25(37,38)26(39,40)41)9-46-18(49)12-3-1-10-14-11(2-4-13(15(12)14)19(46)50)17(48)45(16(10)47)6-8-51-7-5-43-44-42/h1-4H,5-9H2. The van der Waals surface area contributed by atoms with Crippen LogP contribution in [0.5, 0.6) is 0 Å². The normalized spacial score (nSPS) is 16.3. The summed E-state index contributed by atoms with van der Waals surface area (Å²) in [7, 11) is 0. The van der Waals surface area contributed by atoms with Gasteiger partial charge in [-0.2, -0.15) is 65.9 Å². The van der Waals surface area contributed by atoms with Crippen LogP contribution in [0.1, 0.15) is 41.4 Å². The van der Waals surface area contributed by atoms with E-state index in [0.29, 0.717) is 17.0 Å². The molecule has 0 spiro atoms. The largest absolute Gasteiger partial charge is 0.460 e. The fourth-order valence-corrected chi connectivity index (χ4v) is 5.03. The Morgan fingerprint density at radius 2 is 0.941 bits per heavy atom. The molecule has 10 nitrogen and oxygen atoms in total. The molecule has 0 saturated carbocycles. The second-order valence-corrected chi connectivity index (χ2v) is 10.7. The lowest BCUT2D eigenvalue weighted by molar-refractivity contribution is -0.452. The summed E-state index contributed by atoms with van der Waals surface area (Å²) in [5.74, 6) is -54.9. The Kier molecular flexibility index (Phi) is 9.30. The molecule has 0 radical (unpaired) electrons. The highest BCUT2D eigenvalue weighted by molar-refractivity contribution is 6.33. The van der Waals surface area contributed by atoms with Crippen LogP contribution in [0.4, 0.5) is 65.9 Å². The Balaban J connectivity index is 1.69. The molecule has 278 valence electrons. The number of benzene rings is 2. The van der Waals surface area contributed by atoms with E-state index in [1.165, 1.54) is 0 Å². The summed E-state index contributed by atoms with van der Waals surface area (Å²) in [6, 6.07) is 2.80. The van der Waals surface area contributed by atoms with Gasteiger partial charge in [-0.25, -0.2) is 0 Å². The van der Waals surface area contributed by atoms with Crippen molar-refractivity contribution in [2.75, 3.05) is 32.8 Å². The third-order valence-electron chi connectivity index (χ3n) is 7.67. The highest BCUT2D eigenvalue weighted by Gasteiger charge is 2.93. The molecule has 25 heteroatoms. The Labute approximate surface area is 271 Å². The molecule has 2 aliphatic rings. The zero-order valence-electron chi connectivity index (χ0n) is 24.3. The summed E-state index contributed by atoms with van der Waals surface area (Å²) in [5.41, 5.74) is 5.55. The van der Waals surface area contributed by atoms with E-state index in [4.69, 9.17) is 10.3 Å². The number of hydrogen-bond acceptors (Lipinski definition) is 6. The van der Waals surface area contributed by atoms with Crippen LogP contribution in [0.25, 0.3) is 21.2 Å². The maximum Gasteiger partial charge on any atom is 0.460 e. The van der Waals surface area contributed by atoms with Gasteiger partial charge in [-0.15, -0.1) is 0 Å². The lowest BCUT2D eigenvalue weighted by atomic mass is 9.85. The number of amides is 4. The summed E-state index contributed by atoms with van der Waals surface area (Å²) in [6.45, 7) is -4.28. The van der Waals surface area contributed by atoms with E-state index in [1.807, 2.05) is 0 Å². The highest BCUT2D eigenvalue weighted by Crippen LogP contribution is 2.62. The number of carbonyl (C=O) groups excluding carboxylic acids is 4. The smallest absolute Gasteiger partial charge is 0.379 e. The fourth-order valence-electron chi connectivity index (χ4n) is 5.03. The van der Waals surface area contributed by atoms with E-state index >= 15 is 0 Å². The van der Waals surface area contributed by atoms with Crippen molar-refractivity contribution in [3.63, 3.8) is 0 Å². The van der Waals surface area contributed by atoms with Crippen molar-refractivity contribution in [2.45, 2.75) is 41.7 Å². The monoisotopic (exact) mass is 761 g/mol. The molecular formula is C26H14F15N5O5. The number of azide groups is 1. The molecule has 0 unspecified atom stereocenters. The van der Waals surface area contributed by atoms with Crippen molar-refractivity contribution in [1.82, 2.24) is 9.80 Å². The molecule has 51 heavy (non-hydrogen) atoms. The van der Waals surface area contributed by atoms with Gasteiger partial charge in [-0.3, -0.25) is 29.0 Å². The van der Waals surface area contributed by atoms with Gasteiger partial charge in [0.25, 0.3) is 23.6 Å². The summed E-state index contributed by atoms with van der Waals surface area (Å²) in [6.07, 6.45) is -7.79. The number of alkyl halides is 15. The zero-order chi connectivity index (χ0) is 38.9. The minimum atomic E-state index is -8.56. The van der Waals surface area contributed by atoms with Crippen LogP contribution in [0.15, 0.2) is 29.4 Å². The lowest BCUT2D eigenvalue weighted by Gasteiger charge is -2.42. The number of rotatable bonds is 13. The number of carbonyl (C=O) groups is 4. The number of imide groups is 2. The summed E-state index contributed by atoms with van der Waals surface area (Å²) in [5, 5.41) is 2.09. The maximum atomic E-state index is 14.8. The highest BCUT2D eigenvalue weighted by atomic mass is 19.4. The Morgan fingerprint density at radius 3 is 1.33 bits per heavy atom. The first kappa shape index (κ1) is 39.0. The third kappa shape index (κ3) is 5.47. The van der Waals surface area contributed by atoms with Crippen LogP contribution in [0.2, 0.25) is 0 Å². The molecule has 0 aliphatic carbocycles. The van der Waals surface area contributed by atoms with Gasteiger partial charge in [0.1, 0.15) is 0 Å². The van der Waals surface area contributed by atoms with E-state index in [-0.39, 0.29) is 19.8 Å². The molecule has 0 N–H and O–H groups in total. The van der Waals surface area contributed by atoms with E-state index < -0.39 is 116 Å². The molecule has 0 atom stereocenters. The Hall–Kier alpha value is -4.80. The Morgan fingerprint density at radius 1 is 0.569 bits per heavy atom. The number of hydrogen-bond donors (Lipinski definition) is 0. The van der Waals surface area contributed by atoms with Crippen molar-refractivity contribution >= 4 is 34.4 Å². The van der Waals surface area contributed by atoms with Gasteiger partial charge < -0.3 is 4.74 Å². The van der Waals surface area contributed by atoms with Gasteiger partial charge >= 0.3 is 41.7 Å². The van der Waals surface area contributed by atoms with Gasteiger partial charge in [0.05, 0.1) is 26.3 Å². The second kappa shape index (κ2) is 12.2. The molecule has 0 bridgehead atoms. The van der Waals surface area contributed by atoms with Crippen LogP contribution in [0, 0.1) is 0 Å². The molecular weight excluding hydrogens is 747 g/mol. The van der Waals surface area contributed by atoms with Gasteiger partial charge in [0.15, 0.2) is 0 Å². The van der Waals surface area contributed by atoms with Crippen molar-refractivity contribution in [1.29, 1.82) is 0 Å². The predicted octanol–water partition coefficient (Wildman–Crippen LogP) is 6.73. The summed E-state index contributed by atoms with van der Waals surface area (Å²) < 4.78 is 210. The van der Waals surface area contributed by atoms with Gasteiger partial charge in [0.2, 0.25) is 0 Å². The topological polar surface area (TPSA) is 133 Å². The van der Waals surface area contributed by atoms with Crippen molar-refractivity contribution in [3.05, 3.63) is 57.0 Å². The van der Waals surface area contributed by atoms with E-state index in [9.17, 15) is 85.0 Å². The molecule has 2 aromatic carbocycles. The molecule has 2 aromatic rings. The first-order chi connectivity index (χ1) is 23.2. The van der Waals surface area contributed by atoms with Gasteiger partial charge in [-0.1, -0.05) is 5.11 Å². The third-order valence-corrected chi connectivity index (χ3v) is 7.67. The number of ether oxygens (including phenoxy) is 1. The molecule has 2 heterocycles. The first-order valence-corrected chi connectivity index (χ1v) is 13.4. The zero-order valence-corrected chi connectivity index (χ0v) is 24.3. The van der Waals surface area contributed by atoms with E-state index in [2.05, 4.69) is 10.0 Å². The molecule has 0 aromatic heterocycles. The number of halogens is 15. The Bertz CT molecular complexity index is 1800. The van der Waals surface area contributed by atoms with Crippen molar-refractivity contribution in [2.24, 2.45) is 5.11 Å². The average molecular weight is 761 g/mol. The van der Waals surface area contributed by atoms with Gasteiger partial charge in [-0.05, 0) is 29.8 Å². The SMILES string of the molecule is [N-]=[N+]=NCCOCCN1C(=O)c2ccc3c4c(ccc(c24)C1=O)C(=O)N(CC(F)(F)C(F)(F)C(F)(F)C(F)(F)C(F)(F)C(F)(F)C(F)(F)F)C3=O. The molecule has 0 fully saturated rings. The number of nitrogens with zero attached hydrogens (tertiary/aromatic N) is 5. The maximum absolute atomic E-state index is 14.8. The molecule has 0 saturated heterocycles.